The molecule has 3 N–H and O–H groups in total. The highest BCUT2D eigenvalue weighted by Crippen LogP contribution is 2.36. The smallest absolute Gasteiger partial charge is 0.231 e. The molecule has 4 rings (SSSR count). The highest BCUT2D eigenvalue weighted by atomic mass is 16.7. The van der Waals surface area contributed by atoms with Crippen LogP contribution >= 0.6 is 0 Å². The number of fused-ring (bicyclic) bond motifs is 1. The van der Waals surface area contributed by atoms with E-state index in [0.29, 0.717) is 13.3 Å². The zero-order chi connectivity index (χ0) is 14.1. The summed E-state index contributed by atoms with van der Waals surface area (Å²) < 4.78 is 16.5. The second-order valence-corrected chi connectivity index (χ2v) is 4.85. The molecule has 2 aromatic rings. The molecule has 6 nitrogen and oxygen atoms in total. The van der Waals surface area contributed by atoms with Crippen LogP contribution in [0.2, 0.25) is 0 Å². The molecule has 0 bridgehead atoms. The van der Waals surface area contributed by atoms with Crippen molar-refractivity contribution in [3.8, 4) is 28.4 Å². The minimum atomic E-state index is -0.0682. The molecule has 21 heavy (non-hydrogen) atoms. The van der Waals surface area contributed by atoms with Gasteiger partial charge in [0.05, 0.1) is 6.54 Å². The predicted molar refractivity (Wildman–Crippen MR) is 76.7 cm³/mol. The summed E-state index contributed by atoms with van der Waals surface area (Å²) in [5.41, 5.74) is 10.9. The highest BCUT2D eigenvalue weighted by Gasteiger charge is 2.15. The third-order valence-electron chi connectivity index (χ3n) is 3.45. The quantitative estimate of drug-likeness (QED) is 0.792. The van der Waals surface area contributed by atoms with Gasteiger partial charge in [-0.05, 0) is 35.4 Å². The minimum absolute atomic E-state index is 0.0682. The van der Waals surface area contributed by atoms with E-state index in [1.54, 1.807) is 0 Å². The second kappa shape index (κ2) is 5.25. The monoisotopic (exact) mass is 285 g/mol. The van der Waals surface area contributed by atoms with Crippen LogP contribution in [-0.2, 0) is 0 Å². The fourth-order valence-corrected chi connectivity index (χ4v) is 2.36. The van der Waals surface area contributed by atoms with Crippen molar-refractivity contribution < 1.29 is 14.2 Å². The van der Waals surface area contributed by atoms with E-state index in [2.05, 4.69) is 16.4 Å². The van der Waals surface area contributed by atoms with Crippen molar-refractivity contribution in [2.45, 2.75) is 6.23 Å². The van der Waals surface area contributed by atoms with Crippen LogP contribution in [0.25, 0.3) is 11.1 Å². The molecule has 1 saturated heterocycles. The van der Waals surface area contributed by atoms with Crippen molar-refractivity contribution in [1.82, 2.24) is 16.4 Å². The first kappa shape index (κ1) is 12.5. The molecule has 2 heterocycles. The van der Waals surface area contributed by atoms with Gasteiger partial charge in [0.15, 0.2) is 17.7 Å². The van der Waals surface area contributed by atoms with E-state index < -0.39 is 0 Å². The SMILES string of the molecule is c1cc(-c2ccc3c(c2)OCO3)ccc1OC1CNNN1. The molecule has 2 aromatic carbocycles. The number of hydrogen-bond acceptors (Lipinski definition) is 6. The van der Waals surface area contributed by atoms with Gasteiger partial charge in [0.1, 0.15) is 5.75 Å². The van der Waals surface area contributed by atoms with Gasteiger partial charge in [0.25, 0.3) is 0 Å². The molecule has 0 radical (unpaired) electrons. The topological polar surface area (TPSA) is 63.8 Å². The summed E-state index contributed by atoms with van der Waals surface area (Å²) in [5.74, 6) is 2.41. The van der Waals surface area contributed by atoms with Gasteiger partial charge in [-0.25, -0.2) is 10.9 Å². The summed E-state index contributed by atoms with van der Waals surface area (Å²) in [4.78, 5) is 0. The van der Waals surface area contributed by atoms with Crippen LogP contribution in [-0.4, -0.2) is 19.6 Å². The highest BCUT2D eigenvalue weighted by molar-refractivity contribution is 5.68. The molecule has 2 aliphatic rings. The molecule has 0 amide bonds. The maximum Gasteiger partial charge on any atom is 0.231 e. The zero-order valence-electron chi connectivity index (χ0n) is 11.3. The van der Waals surface area contributed by atoms with Crippen LogP contribution in [0.1, 0.15) is 0 Å². The molecule has 0 saturated carbocycles. The Hall–Kier alpha value is -2.28. The minimum Gasteiger partial charge on any atom is -0.473 e. The standard InChI is InChI=1S/C15H15N3O3/c1-4-12(21-15-8-16-18-17-15)5-2-10(1)11-3-6-13-14(7-11)20-9-19-13/h1-7,15-18H,8-9H2. The fourth-order valence-electron chi connectivity index (χ4n) is 2.36. The lowest BCUT2D eigenvalue weighted by Gasteiger charge is -2.12. The van der Waals surface area contributed by atoms with Crippen molar-refractivity contribution in [3.05, 3.63) is 42.5 Å². The van der Waals surface area contributed by atoms with Gasteiger partial charge in [-0.2, -0.15) is 5.53 Å². The number of hydrogen-bond donors (Lipinski definition) is 3. The van der Waals surface area contributed by atoms with Crippen LogP contribution in [0.3, 0.4) is 0 Å². The predicted octanol–water partition coefficient (Wildman–Crippen LogP) is 1.40. The lowest BCUT2D eigenvalue weighted by molar-refractivity contribution is 0.174. The summed E-state index contributed by atoms with van der Waals surface area (Å²) in [5, 5.41) is 0. The molecule has 6 heteroatoms. The number of hydrazine groups is 2. The molecule has 0 aromatic heterocycles. The molecule has 1 atom stereocenters. The van der Waals surface area contributed by atoms with Gasteiger partial charge >= 0.3 is 0 Å². The Kier molecular flexibility index (Phi) is 3.11. The Morgan fingerprint density at radius 2 is 1.76 bits per heavy atom. The third-order valence-corrected chi connectivity index (χ3v) is 3.45. The summed E-state index contributed by atoms with van der Waals surface area (Å²) in [6, 6.07) is 13.9. The van der Waals surface area contributed by atoms with Crippen LogP contribution in [0.15, 0.2) is 42.5 Å². The van der Waals surface area contributed by atoms with Crippen molar-refractivity contribution in [1.29, 1.82) is 0 Å². The van der Waals surface area contributed by atoms with E-state index in [0.717, 1.165) is 28.4 Å². The Morgan fingerprint density at radius 3 is 2.57 bits per heavy atom. The lowest BCUT2D eigenvalue weighted by Crippen LogP contribution is -2.36. The largest absolute Gasteiger partial charge is 0.473 e. The summed E-state index contributed by atoms with van der Waals surface area (Å²) in [6.45, 7) is 1.01. The Morgan fingerprint density at radius 1 is 0.952 bits per heavy atom. The van der Waals surface area contributed by atoms with Gasteiger partial charge in [0, 0.05) is 0 Å². The van der Waals surface area contributed by atoms with Gasteiger partial charge in [-0.3, -0.25) is 0 Å². The Labute approximate surface area is 122 Å². The molecule has 0 aliphatic carbocycles. The molecule has 1 unspecified atom stereocenters. The lowest BCUT2D eigenvalue weighted by atomic mass is 10.1. The second-order valence-electron chi connectivity index (χ2n) is 4.85. The van der Waals surface area contributed by atoms with Gasteiger partial charge in [-0.1, -0.05) is 18.2 Å². The van der Waals surface area contributed by atoms with Crippen molar-refractivity contribution in [2.75, 3.05) is 13.3 Å². The first-order valence-electron chi connectivity index (χ1n) is 6.79. The molecule has 0 spiro atoms. The van der Waals surface area contributed by atoms with Crippen molar-refractivity contribution >= 4 is 0 Å². The molecule has 2 aliphatic heterocycles. The average molecular weight is 285 g/mol. The van der Waals surface area contributed by atoms with Gasteiger partial charge in [0.2, 0.25) is 6.79 Å². The number of nitrogens with one attached hydrogen (secondary N) is 3. The van der Waals surface area contributed by atoms with Crippen molar-refractivity contribution in [2.24, 2.45) is 0 Å². The number of rotatable bonds is 3. The van der Waals surface area contributed by atoms with Crippen LogP contribution in [0.5, 0.6) is 17.2 Å². The van der Waals surface area contributed by atoms with Crippen LogP contribution in [0.4, 0.5) is 0 Å². The van der Waals surface area contributed by atoms with Gasteiger partial charge < -0.3 is 14.2 Å². The van der Waals surface area contributed by atoms with E-state index in [4.69, 9.17) is 14.2 Å². The van der Waals surface area contributed by atoms with E-state index in [-0.39, 0.29) is 6.23 Å². The fraction of sp³-hybridized carbons (Fsp3) is 0.200. The molecule has 1 fully saturated rings. The Balaban J connectivity index is 1.53. The van der Waals surface area contributed by atoms with E-state index >= 15 is 0 Å². The number of benzene rings is 2. The summed E-state index contributed by atoms with van der Waals surface area (Å²) in [6.07, 6.45) is -0.0682. The number of ether oxygens (including phenoxy) is 3. The first-order valence-corrected chi connectivity index (χ1v) is 6.79. The van der Waals surface area contributed by atoms with Gasteiger partial charge in [-0.15, -0.1) is 0 Å². The van der Waals surface area contributed by atoms with Crippen LogP contribution in [0, 0.1) is 0 Å². The van der Waals surface area contributed by atoms with Crippen LogP contribution < -0.4 is 30.6 Å². The van der Waals surface area contributed by atoms with E-state index in [1.807, 2.05) is 42.5 Å². The normalized spacial score (nSPS) is 19.7. The summed E-state index contributed by atoms with van der Waals surface area (Å²) in [7, 11) is 0. The zero-order valence-corrected chi connectivity index (χ0v) is 11.3. The molecule has 108 valence electrons. The van der Waals surface area contributed by atoms with E-state index in [1.165, 1.54) is 0 Å². The third kappa shape index (κ3) is 2.52. The maximum atomic E-state index is 5.76. The summed E-state index contributed by atoms with van der Waals surface area (Å²) >= 11 is 0. The van der Waals surface area contributed by atoms with Crippen molar-refractivity contribution in [3.63, 3.8) is 0 Å². The average Bonchev–Trinajstić information content (AvgIpc) is 3.18. The molecular weight excluding hydrogens is 270 g/mol. The maximum absolute atomic E-state index is 5.76. The first-order chi connectivity index (χ1) is 10.4. The van der Waals surface area contributed by atoms with E-state index in [9.17, 15) is 0 Å². The Bertz CT molecular complexity index is 639. The molecular formula is C15H15N3O3.